The number of fused-ring (bicyclic) bond motifs is 1. The molecule has 2 bridgehead atoms. The Hall–Kier alpha value is -0.870. The van der Waals surface area contributed by atoms with E-state index in [1.165, 1.54) is 6.42 Å². The Labute approximate surface area is 76.7 Å². The standard InChI is InChI=1S/C9H13N3O/c10-9-6-3-8(9)12(4-6)5-7-1-2-11-13-7/h1-2,6,8-9H,3-5,10H2. The quantitative estimate of drug-likeness (QED) is 0.705. The van der Waals surface area contributed by atoms with Crippen LogP contribution in [0.25, 0.3) is 0 Å². The Kier molecular flexibility index (Phi) is 1.48. The third-order valence-corrected chi connectivity index (χ3v) is 3.32. The summed E-state index contributed by atoms with van der Waals surface area (Å²) < 4.78 is 5.07. The molecule has 2 saturated heterocycles. The summed E-state index contributed by atoms with van der Waals surface area (Å²) in [5, 5.41) is 3.69. The smallest absolute Gasteiger partial charge is 0.150 e. The number of nitrogens with two attached hydrogens (primary N) is 1. The van der Waals surface area contributed by atoms with Gasteiger partial charge in [0, 0.05) is 24.7 Å². The minimum absolute atomic E-state index is 0.405. The highest BCUT2D eigenvalue weighted by molar-refractivity contribution is 5.08. The van der Waals surface area contributed by atoms with E-state index < -0.39 is 0 Å². The molecule has 13 heavy (non-hydrogen) atoms. The van der Waals surface area contributed by atoms with Crippen LogP contribution in [-0.4, -0.2) is 28.7 Å². The summed E-state index contributed by atoms with van der Waals surface area (Å²) in [6, 6.07) is 2.92. The van der Waals surface area contributed by atoms with Crippen molar-refractivity contribution in [2.24, 2.45) is 11.7 Å². The van der Waals surface area contributed by atoms with Gasteiger partial charge in [0.25, 0.3) is 0 Å². The summed E-state index contributed by atoms with van der Waals surface area (Å²) in [6.45, 7) is 2.00. The Balaban J connectivity index is 1.69. The maximum Gasteiger partial charge on any atom is 0.150 e. The molecular formula is C9H13N3O. The van der Waals surface area contributed by atoms with Gasteiger partial charge in [-0.2, -0.15) is 0 Å². The zero-order chi connectivity index (χ0) is 8.84. The number of nitrogens with zero attached hydrogens (tertiary/aromatic N) is 2. The van der Waals surface area contributed by atoms with Crippen LogP contribution in [0.3, 0.4) is 0 Å². The molecule has 2 N–H and O–H groups in total. The third-order valence-electron chi connectivity index (χ3n) is 3.32. The topological polar surface area (TPSA) is 55.3 Å². The molecule has 1 aromatic heterocycles. The highest BCUT2D eigenvalue weighted by Crippen LogP contribution is 2.40. The molecule has 0 radical (unpaired) electrons. The molecule has 3 fully saturated rings. The van der Waals surface area contributed by atoms with Crippen molar-refractivity contribution in [2.45, 2.75) is 25.0 Å². The van der Waals surface area contributed by atoms with Crippen molar-refractivity contribution in [1.29, 1.82) is 0 Å². The van der Waals surface area contributed by atoms with E-state index in [1.54, 1.807) is 6.20 Å². The molecule has 0 aromatic carbocycles. The Morgan fingerprint density at radius 2 is 2.62 bits per heavy atom. The fourth-order valence-corrected chi connectivity index (χ4v) is 2.47. The van der Waals surface area contributed by atoms with E-state index in [9.17, 15) is 0 Å². The number of rotatable bonds is 2. The van der Waals surface area contributed by atoms with E-state index in [0.29, 0.717) is 12.1 Å². The lowest BCUT2D eigenvalue weighted by Crippen LogP contribution is -2.49. The van der Waals surface area contributed by atoms with Gasteiger partial charge in [-0.25, -0.2) is 0 Å². The first-order valence-corrected chi connectivity index (χ1v) is 4.74. The van der Waals surface area contributed by atoms with Crippen LogP contribution >= 0.6 is 0 Å². The molecule has 0 amide bonds. The van der Waals surface area contributed by atoms with Crippen LogP contribution in [0.4, 0.5) is 0 Å². The molecule has 2 aliphatic heterocycles. The summed E-state index contributed by atoms with van der Waals surface area (Å²) in [5.74, 6) is 1.67. The lowest BCUT2D eigenvalue weighted by molar-refractivity contribution is 0.192. The van der Waals surface area contributed by atoms with Gasteiger partial charge in [-0.15, -0.1) is 0 Å². The summed E-state index contributed by atoms with van der Waals surface area (Å²) in [5.41, 5.74) is 5.96. The van der Waals surface area contributed by atoms with Gasteiger partial charge >= 0.3 is 0 Å². The molecule has 1 saturated carbocycles. The Bertz CT molecular complexity index is 298. The fourth-order valence-electron chi connectivity index (χ4n) is 2.47. The molecule has 4 heteroatoms. The minimum atomic E-state index is 0.405. The first-order chi connectivity index (χ1) is 6.34. The zero-order valence-corrected chi connectivity index (χ0v) is 7.39. The second-order valence-electron chi connectivity index (χ2n) is 4.05. The lowest BCUT2D eigenvalue weighted by atomic mass is 9.81. The highest BCUT2D eigenvalue weighted by atomic mass is 16.5. The van der Waals surface area contributed by atoms with Gasteiger partial charge in [0.05, 0.1) is 12.7 Å². The largest absolute Gasteiger partial charge is 0.360 e. The van der Waals surface area contributed by atoms with Crippen LogP contribution in [-0.2, 0) is 6.54 Å². The van der Waals surface area contributed by atoms with Crippen LogP contribution in [0.15, 0.2) is 16.8 Å². The van der Waals surface area contributed by atoms with Gasteiger partial charge in [-0.05, 0) is 12.3 Å². The lowest BCUT2D eigenvalue weighted by Gasteiger charge is -2.33. The normalized spacial score (nSPS) is 37.8. The average molecular weight is 179 g/mol. The van der Waals surface area contributed by atoms with Gasteiger partial charge < -0.3 is 10.3 Å². The molecule has 4 rings (SSSR count). The van der Waals surface area contributed by atoms with E-state index in [1.807, 2.05) is 6.07 Å². The van der Waals surface area contributed by atoms with E-state index >= 15 is 0 Å². The number of hydrogen-bond acceptors (Lipinski definition) is 4. The molecule has 3 unspecified atom stereocenters. The monoisotopic (exact) mass is 179 g/mol. The molecule has 70 valence electrons. The van der Waals surface area contributed by atoms with Gasteiger partial charge in [0.1, 0.15) is 0 Å². The first-order valence-electron chi connectivity index (χ1n) is 4.74. The van der Waals surface area contributed by atoms with Crippen molar-refractivity contribution in [1.82, 2.24) is 10.1 Å². The molecule has 1 aliphatic carbocycles. The Morgan fingerprint density at radius 1 is 1.69 bits per heavy atom. The van der Waals surface area contributed by atoms with Crippen LogP contribution in [0.1, 0.15) is 12.2 Å². The van der Waals surface area contributed by atoms with Crippen LogP contribution in [0, 0.1) is 5.92 Å². The maximum absolute atomic E-state index is 5.96. The number of hydrogen-bond donors (Lipinski definition) is 1. The first kappa shape index (κ1) is 7.53. The van der Waals surface area contributed by atoms with Crippen LogP contribution in [0.2, 0.25) is 0 Å². The second-order valence-corrected chi connectivity index (χ2v) is 4.05. The molecule has 0 spiro atoms. The van der Waals surface area contributed by atoms with E-state index in [4.69, 9.17) is 10.3 Å². The summed E-state index contributed by atoms with van der Waals surface area (Å²) in [6.07, 6.45) is 2.96. The average Bonchev–Trinajstić information content (AvgIpc) is 2.78. The van der Waals surface area contributed by atoms with E-state index in [2.05, 4.69) is 10.1 Å². The molecular weight excluding hydrogens is 166 g/mol. The van der Waals surface area contributed by atoms with E-state index in [0.717, 1.165) is 24.8 Å². The predicted molar refractivity (Wildman–Crippen MR) is 46.8 cm³/mol. The highest BCUT2D eigenvalue weighted by Gasteiger charge is 2.49. The van der Waals surface area contributed by atoms with Crippen LogP contribution < -0.4 is 5.73 Å². The predicted octanol–water partition coefficient (Wildman–Crippen LogP) is 0.206. The maximum atomic E-state index is 5.96. The van der Waals surface area contributed by atoms with Crippen molar-refractivity contribution < 1.29 is 4.52 Å². The van der Waals surface area contributed by atoms with Crippen molar-refractivity contribution >= 4 is 0 Å². The van der Waals surface area contributed by atoms with Gasteiger partial charge in [-0.1, -0.05) is 5.16 Å². The molecule has 3 heterocycles. The third kappa shape index (κ3) is 1.02. The molecule has 1 aromatic rings. The summed E-state index contributed by atoms with van der Waals surface area (Å²) >= 11 is 0. The fraction of sp³-hybridized carbons (Fsp3) is 0.667. The number of aromatic nitrogens is 1. The molecule has 3 atom stereocenters. The van der Waals surface area contributed by atoms with Crippen molar-refractivity contribution in [3.63, 3.8) is 0 Å². The SMILES string of the molecule is NC1C2CC1N(Cc1ccno1)C2. The Morgan fingerprint density at radius 3 is 3.15 bits per heavy atom. The van der Waals surface area contributed by atoms with E-state index in [-0.39, 0.29) is 0 Å². The van der Waals surface area contributed by atoms with Crippen LogP contribution in [0.5, 0.6) is 0 Å². The summed E-state index contributed by atoms with van der Waals surface area (Å²) in [7, 11) is 0. The minimum Gasteiger partial charge on any atom is -0.360 e. The summed E-state index contributed by atoms with van der Waals surface area (Å²) in [4.78, 5) is 2.40. The van der Waals surface area contributed by atoms with Crippen molar-refractivity contribution in [3.05, 3.63) is 18.0 Å². The molecule has 4 nitrogen and oxygen atoms in total. The second kappa shape index (κ2) is 2.56. The van der Waals surface area contributed by atoms with Crippen molar-refractivity contribution in [2.75, 3.05) is 6.54 Å². The van der Waals surface area contributed by atoms with Crippen molar-refractivity contribution in [3.8, 4) is 0 Å². The van der Waals surface area contributed by atoms with Gasteiger partial charge in [0.15, 0.2) is 5.76 Å². The van der Waals surface area contributed by atoms with Gasteiger partial charge in [-0.3, -0.25) is 4.90 Å². The zero-order valence-electron chi connectivity index (χ0n) is 7.39. The molecule has 3 aliphatic rings. The van der Waals surface area contributed by atoms with Gasteiger partial charge in [0.2, 0.25) is 0 Å².